The van der Waals surface area contributed by atoms with Crippen LogP contribution in [0.5, 0.6) is 0 Å². The van der Waals surface area contributed by atoms with Gasteiger partial charge in [-0.15, -0.1) is 0 Å². The van der Waals surface area contributed by atoms with E-state index in [1.165, 1.54) is 6.07 Å². The minimum Gasteiger partial charge on any atom is -0.444 e. The molecule has 8 nitrogen and oxygen atoms in total. The fourth-order valence-electron chi connectivity index (χ4n) is 3.63. The summed E-state index contributed by atoms with van der Waals surface area (Å²) in [6.45, 7) is 5.80. The summed E-state index contributed by atoms with van der Waals surface area (Å²) in [5.74, 6) is -1.06. The topological polar surface area (TPSA) is 114 Å². The minimum absolute atomic E-state index is 0.00150. The lowest BCUT2D eigenvalue weighted by Gasteiger charge is -2.24. The van der Waals surface area contributed by atoms with Crippen LogP contribution in [-0.2, 0) is 19.6 Å². The van der Waals surface area contributed by atoms with Crippen molar-refractivity contribution in [3.8, 4) is 0 Å². The highest BCUT2D eigenvalue weighted by Crippen LogP contribution is 2.45. The van der Waals surface area contributed by atoms with Crippen LogP contribution in [-0.4, -0.2) is 38.1 Å². The van der Waals surface area contributed by atoms with Gasteiger partial charge < -0.3 is 15.4 Å². The molecule has 0 spiro atoms. The van der Waals surface area contributed by atoms with E-state index < -0.39 is 33.2 Å². The quantitative estimate of drug-likeness (QED) is 0.567. The zero-order valence-corrected chi connectivity index (χ0v) is 19.1. The highest BCUT2D eigenvalue weighted by atomic mass is 32.2. The third-order valence-electron chi connectivity index (χ3n) is 5.28. The van der Waals surface area contributed by atoms with E-state index in [-0.39, 0.29) is 10.8 Å². The molecule has 0 aromatic heterocycles. The lowest BCUT2D eigenvalue weighted by atomic mass is 10.1. The fraction of sp³-hybridized carbons (Fsp3) is 0.545. The zero-order chi connectivity index (χ0) is 22.7. The number of carbonyl (C=O) groups excluding carboxylic acids is 2. The van der Waals surface area contributed by atoms with Crippen molar-refractivity contribution in [2.24, 2.45) is 5.92 Å². The Labute approximate surface area is 183 Å². The number of alkyl carbamates (subject to hydrolysis) is 1. The first-order valence-electron chi connectivity index (χ1n) is 10.6. The lowest BCUT2D eigenvalue weighted by Crippen LogP contribution is -2.52. The van der Waals surface area contributed by atoms with E-state index in [0.29, 0.717) is 18.7 Å². The Morgan fingerprint density at radius 2 is 1.94 bits per heavy atom. The second-order valence-electron chi connectivity index (χ2n) is 9.04. The average Bonchev–Trinajstić information content (AvgIpc) is 3.35. The maximum atomic E-state index is 13.1. The SMILES string of the molecule is CC(C)(C)OC(=O)N[C@]12C[C@H]1/C=C/CCCCCNc1ccccc1S(=O)(=O)NC2=O. The molecule has 3 rings (SSSR count). The van der Waals surface area contributed by atoms with Crippen molar-refractivity contribution in [2.75, 3.05) is 11.9 Å². The molecule has 0 bridgehead atoms. The van der Waals surface area contributed by atoms with Gasteiger partial charge in [0.2, 0.25) is 0 Å². The van der Waals surface area contributed by atoms with Crippen LogP contribution < -0.4 is 15.4 Å². The van der Waals surface area contributed by atoms with E-state index in [1.807, 2.05) is 12.2 Å². The average molecular weight is 450 g/mol. The molecule has 3 N–H and O–H groups in total. The smallest absolute Gasteiger partial charge is 0.408 e. The Balaban J connectivity index is 1.90. The van der Waals surface area contributed by atoms with Gasteiger partial charge in [-0.3, -0.25) is 4.79 Å². The number of hydrogen-bond acceptors (Lipinski definition) is 6. The molecule has 2 aliphatic rings. The lowest BCUT2D eigenvalue weighted by molar-refractivity contribution is -0.122. The van der Waals surface area contributed by atoms with Gasteiger partial charge in [0.25, 0.3) is 15.9 Å². The maximum absolute atomic E-state index is 13.1. The highest BCUT2D eigenvalue weighted by Gasteiger charge is 2.61. The van der Waals surface area contributed by atoms with Crippen molar-refractivity contribution in [2.45, 2.75) is 68.9 Å². The van der Waals surface area contributed by atoms with Crippen molar-refractivity contribution in [1.82, 2.24) is 10.0 Å². The molecule has 2 amide bonds. The second-order valence-corrected chi connectivity index (χ2v) is 10.7. The summed E-state index contributed by atoms with van der Waals surface area (Å²) >= 11 is 0. The summed E-state index contributed by atoms with van der Waals surface area (Å²) in [5, 5.41) is 5.78. The molecule has 0 radical (unpaired) electrons. The largest absolute Gasteiger partial charge is 0.444 e. The van der Waals surface area contributed by atoms with Crippen LogP contribution >= 0.6 is 0 Å². The van der Waals surface area contributed by atoms with Crippen LogP contribution in [0, 0.1) is 5.92 Å². The minimum atomic E-state index is -4.14. The van der Waals surface area contributed by atoms with Crippen LogP contribution in [0.3, 0.4) is 0 Å². The summed E-state index contributed by atoms with van der Waals surface area (Å²) < 4.78 is 33.5. The van der Waals surface area contributed by atoms with E-state index in [1.54, 1.807) is 39.0 Å². The molecule has 1 fully saturated rings. The molecule has 1 aliphatic carbocycles. The molecule has 1 aliphatic heterocycles. The molecule has 1 heterocycles. The number of rotatable bonds is 1. The highest BCUT2D eigenvalue weighted by molar-refractivity contribution is 7.90. The number of fused-ring (bicyclic) bond motifs is 2. The van der Waals surface area contributed by atoms with Gasteiger partial charge in [0.15, 0.2) is 0 Å². The first kappa shape index (κ1) is 23.1. The van der Waals surface area contributed by atoms with Gasteiger partial charge in [-0.05, 0) is 58.6 Å². The fourth-order valence-corrected chi connectivity index (χ4v) is 4.85. The number of carbonyl (C=O) groups is 2. The first-order valence-corrected chi connectivity index (χ1v) is 12.1. The van der Waals surface area contributed by atoms with E-state index >= 15 is 0 Å². The van der Waals surface area contributed by atoms with Crippen molar-refractivity contribution in [1.29, 1.82) is 0 Å². The summed E-state index contributed by atoms with van der Waals surface area (Å²) in [7, 11) is -4.14. The molecule has 0 saturated heterocycles. The molecule has 170 valence electrons. The van der Waals surface area contributed by atoms with Crippen molar-refractivity contribution < 1.29 is 22.7 Å². The third kappa shape index (κ3) is 5.78. The number of para-hydroxylation sites is 1. The molecule has 9 heteroatoms. The molecular formula is C22H31N3O5S. The van der Waals surface area contributed by atoms with Crippen LogP contribution in [0.2, 0.25) is 0 Å². The van der Waals surface area contributed by atoms with Crippen molar-refractivity contribution in [3.63, 3.8) is 0 Å². The Hall–Kier alpha value is -2.55. The summed E-state index contributed by atoms with van der Waals surface area (Å²) in [5.41, 5.74) is -1.65. The standard InChI is InChI=1S/C22H31N3O5S/c1-21(2,3)30-20(27)24-22-15-16(22)11-7-5-4-6-10-14-23-17-12-8-9-13-18(17)31(28,29)25-19(22)26/h7-9,11-13,16,23H,4-6,10,14-15H2,1-3H3,(H,24,27)(H,25,26)/b11-7+/t16-,22-/m1/s1. The van der Waals surface area contributed by atoms with Crippen LogP contribution in [0.1, 0.15) is 52.9 Å². The monoisotopic (exact) mass is 449 g/mol. The Bertz CT molecular complexity index is 968. The van der Waals surface area contributed by atoms with Crippen LogP contribution in [0.15, 0.2) is 41.3 Å². The number of sulfonamides is 1. The predicted molar refractivity (Wildman–Crippen MR) is 118 cm³/mol. The van der Waals surface area contributed by atoms with Gasteiger partial charge in [0.05, 0.1) is 5.69 Å². The van der Waals surface area contributed by atoms with Crippen molar-refractivity contribution >= 4 is 27.7 Å². The predicted octanol–water partition coefficient (Wildman–Crippen LogP) is 3.32. The van der Waals surface area contributed by atoms with Gasteiger partial charge in [-0.1, -0.05) is 30.7 Å². The van der Waals surface area contributed by atoms with Crippen LogP contribution in [0.4, 0.5) is 10.5 Å². The summed E-state index contributed by atoms with van der Waals surface area (Å²) in [6, 6.07) is 6.47. The Morgan fingerprint density at radius 1 is 1.19 bits per heavy atom. The number of hydrogen-bond donors (Lipinski definition) is 3. The van der Waals surface area contributed by atoms with Crippen molar-refractivity contribution in [3.05, 3.63) is 36.4 Å². The van der Waals surface area contributed by atoms with Gasteiger partial charge in [0, 0.05) is 12.5 Å². The Kier molecular flexibility index (Phi) is 6.64. The van der Waals surface area contributed by atoms with Gasteiger partial charge in [0.1, 0.15) is 16.0 Å². The van der Waals surface area contributed by atoms with Gasteiger partial charge in [-0.2, -0.15) is 0 Å². The molecule has 0 unspecified atom stereocenters. The number of nitrogens with one attached hydrogen (secondary N) is 3. The second kappa shape index (κ2) is 8.90. The zero-order valence-electron chi connectivity index (χ0n) is 18.2. The molecule has 2 atom stereocenters. The molecule has 1 aromatic rings. The number of benzene rings is 1. The summed E-state index contributed by atoms with van der Waals surface area (Å²) in [6.07, 6.45) is 7.18. The van der Waals surface area contributed by atoms with Gasteiger partial charge in [-0.25, -0.2) is 17.9 Å². The number of amides is 2. The molecule has 1 aromatic carbocycles. The van der Waals surface area contributed by atoms with E-state index in [0.717, 1.165) is 25.7 Å². The maximum Gasteiger partial charge on any atom is 0.408 e. The third-order valence-corrected chi connectivity index (χ3v) is 6.67. The number of allylic oxidation sites excluding steroid dienone is 1. The molecular weight excluding hydrogens is 418 g/mol. The van der Waals surface area contributed by atoms with Crippen LogP contribution in [0.25, 0.3) is 0 Å². The number of ether oxygens (including phenoxy) is 1. The van der Waals surface area contributed by atoms with E-state index in [9.17, 15) is 18.0 Å². The van der Waals surface area contributed by atoms with E-state index in [2.05, 4.69) is 15.4 Å². The molecule has 1 saturated carbocycles. The normalized spacial score (nSPS) is 27.1. The Morgan fingerprint density at radius 3 is 2.68 bits per heavy atom. The molecule has 31 heavy (non-hydrogen) atoms. The first-order chi connectivity index (χ1) is 14.5. The van der Waals surface area contributed by atoms with Gasteiger partial charge >= 0.3 is 6.09 Å². The van der Waals surface area contributed by atoms with E-state index in [4.69, 9.17) is 4.74 Å². The summed E-state index contributed by atoms with van der Waals surface area (Å²) in [4.78, 5) is 25.5. The number of anilines is 1.